The molecular weight excluding hydrogens is 212 g/mol. The van der Waals surface area contributed by atoms with Crippen molar-refractivity contribution in [2.75, 3.05) is 6.54 Å². The Morgan fingerprint density at radius 2 is 2.00 bits per heavy atom. The van der Waals surface area contributed by atoms with Crippen molar-refractivity contribution in [2.24, 2.45) is 0 Å². The van der Waals surface area contributed by atoms with Crippen molar-refractivity contribution >= 4 is 5.91 Å². The summed E-state index contributed by atoms with van der Waals surface area (Å²) < 4.78 is 0. The minimum atomic E-state index is -0.176. The summed E-state index contributed by atoms with van der Waals surface area (Å²) in [5.74, 6) is 0.374. The number of carbonyl (C=O) groups is 1. The Balaban J connectivity index is 1.88. The van der Waals surface area contributed by atoms with Crippen LogP contribution in [0.3, 0.4) is 0 Å². The Morgan fingerprint density at radius 1 is 1.29 bits per heavy atom. The lowest BCUT2D eigenvalue weighted by molar-refractivity contribution is -0.133. The number of nitrogens with zero attached hydrogens (tertiary/aromatic N) is 1. The third kappa shape index (κ3) is 2.49. The van der Waals surface area contributed by atoms with Crippen molar-refractivity contribution in [2.45, 2.75) is 76.9 Å². The van der Waals surface area contributed by atoms with Gasteiger partial charge in [-0.15, -0.1) is 0 Å². The normalized spacial score (nSPS) is 27.3. The van der Waals surface area contributed by atoms with Crippen molar-refractivity contribution in [3.63, 3.8) is 0 Å². The topological polar surface area (TPSA) is 32.3 Å². The number of rotatable bonds is 5. The number of hydrogen-bond donors (Lipinski definition) is 1. The second-order valence-corrected chi connectivity index (χ2v) is 5.67. The Bertz CT molecular complexity index is 271. The predicted molar refractivity (Wildman–Crippen MR) is 69.7 cm³/mol. The average Bonchev–Trinajstić information content (AvgIpc) is 2.85. The minimum Gasteiger partial charge on any atom is -0.326 e. The van der Waals surface area contributed by atoms with Gasteiger partial charge >= 0.3 is 0 Å². The van der Waals surface area contributed by atoms with Gasteiger partial charge in [0, 0.05) is 6.54 Å². The molecule has 1 spiro atoms. The molecule has 2 aliphatic rings. The van der Waals surface area contributed by atoms with E-state index >= 15 is 0 Å². The van der Waals surface area contributed by atoms with Crippen LogP contribution in [0.25, 0.3) is 0 Å². The molecule has 17 heavy (non-hydrogen) atoms. The van der Waals surface area contributed by atoms with Crippen molar-refractivity contribution < 1.29 is 4.79 Å². The molecule has 2 rings (SSSR count). The first kappa shape index (κ1) is 12.9. The molecule has 1 saturated heterocycles. The van der Waals surface area contributed by atoms with E-state index in [0.29, 0.717) is 5.91 Å². The molecule has 0 aromatic rings. The molecule has 0 aromatic carbocycles. The van der Waals surface area contributed by atoms with Gasteiger partial charge in [0.2, 0.25) is 5.91 Å². The van der Waals surface area contributed by atoms with Crippen LogP contribution in [0.5, 0.6) is 0 Å². The molecule has 1 saturated carbocycles. The number of carbonyl (C=O) groups excluding carboxylic acids is 1. The van der Waals surface area contributed by atoms with E-state index < -0.39 is 0 Å². The van der Waals surface area contributed by atoms with Crippen LogP contribution in [0.2, 0.25) is 0 Å². The second kappa shape index (κ2) is 5.38. The van der Waals surface area contributed by atoms with Crippen molar-refractivity contribution in [3.05, 3.63) is 0 Å². The zero-order valence-corrected chi connectivity index (χ0v) is 11.3. The predicted octanol–water partition coefficient (Wildman–Crippen LogP) is 2.66. The summed E-state index contributed by atoms with van der Waals surface area (Å²) in [7, 11) is 0. The molecular formula is C14H26N2O. The summed E-state index contributed by atoms with van der Waals surface area (Å²) in [5, 5.41) is 3.55. The van der Waals surface area contributed by atoms with Gasteiger partial charge in [0.25, 0.3) is 0 Å². The summed E-state index contributed by atoms with van der Waals surface area (Å²) in [6.07, 6.45) is 9.68. The fraction of sp³-hybridized carbons (Fsp3) is 0.929. The maximum Gasteiger partial charge on any atom is 0.244 e. The SMILES string of the molecule is CCCCCCN1C(=O)C2(CCCC2)NC1C. The van der Waals surface area contributed by atoms with Gasteiger partial charge in [-0.2, -0.15) is 0 Å². The third-order valence-electron chi connectivity index (χ3n) is 4.33. The van der Waals surface area contributed by atoms with E-state index in [1.165, 1.54) is 32.1 Å². The van der Waals surface area contributed by atoms with E-state index in [9.17, 15) is 4.79 Å². The number of unbranched alkanes of at least 4 members (excludes halogenated alkanes) is 3. The Hall–Kier alpha value is -0.570. The largest absolute Gasteiger partial charge is 0.326 e. The molecule has 1 aliphatic carbocycles. The van der Waals surface area contributed by atoms with Gasteiger partial charge in [-0.1, -0.05) is 39.0 Å². The molecule has 0 bridgehead atoms. The second-order valence-electron chi connectivity index (χ2n) is 5.67. The number of amides is 1. The molecule has 1 N–H and O–H groups in total. The van der Waals surface area contributed by atoms with Crippen molar-refractivity contribution in [1.82, 2.24) is 10.2 Å². The van der Waals surface area contributed by atoms with Gasteiger partial charge in [-0.25, -0.2) is 0 Å². The molecule has 1 heterocycles. The first-order valence-corrected chi connectivity index (χ1v) is 7.28. The van der Waals surface area contributed by atoms with Crippen LogP contribution in [-0.4, -0.2) is 29.1 Å². The van der Waals surface area contributed by atoms with Crippen molar-refractivity contribution in [1.29, 1.82) is 0 Å². The van der Waals surface area contributed by atoms with E-state index in [0.717, 1.165) is 25.8 Å². The van der Waals surface area contributed by atoms with Crippen LogP contribution < -0.4 is 5.32 Å². The maximum atomic E-state index is 12.5. The highest BCUT2D eigenvalue weighted by Crippen LogP contribution is 2.36. The van der Waals surface area contributed by atoms with Gasteiger partial charge in [0.1, 0.15) is 0 Å². The molecule has 1 aliphatic heterocycles. The fourth-order valence-corrected chi connectivity index (χ4v) is 3.33. The molecule has 98 valence electrons. The highest BCUT2D eigenvalue weighted by molar-refractivity contribution is 5.89. The molecule has 1 atom stereocenters. The molecule has 1 unspecified atom stereocenters. The van der Waals surface area contributed by atoms with E-state index in [2.05, 4.69) is 24.1 Å². The number of hydrogen-bond acceptors (Lipinski definition) is 2. The third-order valence-corrected chi connectivity index (χ3v) is 4.33. The lowest BCUT2D eigenvalue weighted by Gasteiger charge is -2.22. The smallest absolute Gasteiger partial charge is 0.244 e. The van der Waals surface area contributed by atoms with Crippen LogP contribution in [0.1, 0.15) is 65.2 Å². The van der Waals surface area contributed by atoms with Crippen LogP contribution >= 0.6 is 0 Å². The first-order valence-electron chi connectivity index (χ1n) is 7.28. The Kier molecular flexibility index (Phi) is 4.08. The summed E-state index contributed by atoms with van der Waals surface area (Å²) in [6.45, 7) is 5.29. The zero-order valence-electron chi connectivity index (χ0n) is 11.3. The zero-order chi connectivity index (χ0) is 12.3. The van der Waals surface area contributed by atoms with Gasteiger partial charge in [0.05, 0.1) is 11.7 Å². The fourth-order valence-electron chi connectivity index (χ4n) is 3.33. The van der Waals surface area contributed by atoms with Crippen molar-refractivity contribution in [3.8, 4) is 0 Å². The van der Waals surface area contributed by atoms with Gasteiger partial charge < -0.3 is 4.90 Å². The molecule has 3 heteroatoms. The van der Waals surface area contributed by atoms with Crippen LogP contribution in [0.15, 0.2) is 0 Å². The molecule has 3 nitrogen and oxygen atoms in total. The highest BCUT2D eigenvalue weighted by atomic mass is 16.2. The maximum absolute atomic E-state index is 12.5. The molecule has 2 fully saturated rings. The number of nitrogens with one attached hydrogen (secondary N) is 1. The van der Waals surface area contributed by atoms with Crippen LogP contribution in [0, 0.1) is 0 Å². The quantitative estimate of drug-likeness (QED) is 0.747. The van der Waals surface area contributed by atoms with E-state index in [1.54, 1.807) is 0 Å². The van der Waals surface area contributed by atoms with Gasteiger partial charge in [-0.3, -0.25) is 10.1 Å². The van der Waals surface area contributed by atoms with Crippen LogP contribution in [0.4, 0.5) is 0 Å². The molecule has 1 amide bonds. The standard InChI is InChI=1S/C14H26N2O/c1-3-4-5-8-11-16-12(2)15-14(13(16)17)9-6-7-10-14/h12,15H,3-11H2,1-2H3. The molecule has 0 aromatic heterocycles. The van der Waals surface area contributed by atoms with Gasteiger partial charge in [-0.05, 0) is 26.2 Å². The van der Waals surface area contributed by atoms with E-state index in [-0.39, 0.29) is 11.7 Å². The summed E-state index contributed by atoms with van der Waals surface area (Å²) in [6, 6.07) is 0. The Labute approximate surface area is 105 Å². The summed E-state index contributed by atoms with van der Waals surface area (Å²) >= 11 is 0. The monoisotopic (exact) mass is 238 g/mol. The first-order chi connectivity index (χ1) is 8.19. The Morgan fingerprint density at radius 3 is 2.65 bits per heavy atom. The summed E-state index contributed by atoms with van der Waals surface area (Å²) in [5.41, 5.74) is -0.176. The minimum absolute atomic E-state index is 0.176. The lowest BCUT2D eigenvalue weighted by Crippen LogP contribution is -2.44. The van der Waals surface area contributed by atoms with E-state index in [4.69, 9.17) is 0 Å². The lowest BCUT2D eigenvalue weighted by atomic mass is 9.98. The molecule has 0 radical (unpaired) electrons. The van der Waals surface area contributed by atoms with E-state index in [1.807, 2.05) is 0 Å². The van der Waals surface area contributed by atoms with Gasteiger partial charge in [0.15, 0.2) is 0 Å². The highest BCUT2D eigenvalue weighted by Gasteiger charge is 2.50. The summed E-state index contributed by atoms with van der Waals surface area (Å²) in [4.78, 5) is 14.5. The average molecular weight is 238 g/mol. The van der Waals surface area contributed by atoms with Crippen LogP contribution in [-0.2, 0) is 4.79 Å².